The lowest BCUT2D eigenvalue weighted by Gasteiger charge is -2.37. The largest absolute Gasteiger partial charge is 0.383 e. The second-order valence-electron chi connectivity index (χ2n) is 7.33. The number of thiocarbonyl (C=S) groups is 1. The molecule has 2 fully saturated rings. The second kappa shape index (κ2) is 9.60. The van der Waals surface area contributed by atoms with Crippen molar-refractivity contribution in [3.8, 4) is 0 Å². The van der Waals surface area contributed by atoms with Gasteiger partial charge in [0.15, 0.2) is 5.11 Å². The Morgan fingerprint density at radius 3 is 2.68 bits per heavy atom. The van der Waals surface area contributed by atoms with Crippen molar-refractivity contribution in [2.45, 2.75) is 6.42 Å². The molecule has 0 aromatic carbocycles. The predicted molar refractivity (Wildman–Crippen MR) is 115 cm³/mol. The number of fused-ring (bicyclic) bond motifs is 1. The molecule has 2 saturated heterocycles. The SMILES string of the molecule is S=C(N/N=C1/CCNc2cccnc21)N1CCN(CCN2CCOCC2)CC1. The molecule has 4 rings (SSSR count). The van der Waals surface area contributed by atoms with Gasteiger partial charge in [0, 0.05) is 71.5 Å². The maximum absolute atomic E-state index is 5.58. The van der Waals surface area contributed by atoms with Gasteiger partial charge in [-0.1, -0.05) is 0 Å². The van der Waals surface area contributed by atoms with Crippen LogP contribution in [0.2, 0.25) is 0 Å². The third-order valence-corrected chi connectivity index (χ3v) is 5.89. The molecule has 0 unspecified atom stereocenters. The predicted octanol–water partition coefficient (Wildman–Crippen LogP) is 0.426. The van der Waals surface area contributed by atoms with Gasteiger partial charge in [0.05, 0.1) is 24.6 Å². The lowest BCUT2D eigenvalue weighted by atomic mass is 10.1. The molecule has 9 heteroatoms. The Labute approximate surface area is 171 Å². The van der Waals surface area contributed by atoms with E-state index < -0.39 is 0 Å². The number of hydrazone groups is 1. The van der Waals surface area contributed by atoms with Crippen LogP contribution < -0.4 is 10.7 Å². The van der Waals surface area contributed by atoms with Crippen molar-refractivity contribution in [1.29, 1.82) is 0 Å². The van der Waals surface area contributed by atoms with E-state index in [4.69, 9.17) is 17.0 Å². The molecule has 3 aliphatic heterocycles. The molecule has 0 atom stereocenters. The van der Waals surface area contributed by atoms with Gasteiger partial charge >= 0.3 is 0 Å². The molecular formula is C19H29N7OS. The van der Waals surface area contributed by atoms with Crippen LogP contribution in [0.5, 0.6) is 0 Å². The molecule has 1 aromatic rings. The first-order chi connectivity index (χ1) is 13.8. The van der Waals surface area contributed by atoms with Gasteiger partial charge in [0.2, 0.25) is 0 Å². The lowest BCUT2D eigenvalue weighted by Crippen LogP contribution is -2.52. The molecule has 4 heterocycles. The third-order valence-electron chi connectivity index (χ3n) is 5.54. The van der Waals surface area contributed by atoms with Crippen molar-refractivity contribution in [1.82, 2.24) is 25.1 Å². The Balaban J connectivity index is 1.22. The zero-order valence-corrected chi connectivity index (χ0v) is 17.1. The maximum atomic E-state index is 5.58. The van der Waals surface area contributed by atoms with Crippen molar-refractivity contribution in [3.63, 3.8) is 0 Å². The van der Waals surface area contributed by atoms with Crippen LogP contribution in [-0.4, -0.2) is 103 Å². The molecule has 2 N–H and O–H groups in total. The van der Waals surface area contributed by atoms with E-state index >= 15 is 0 Å². The molecule has 8 nitrogen and oxygen atoms in total. The first-order valence-corrected chi connectivity index (χ1v) is 10.5. The highest BCUT2D eigenvalue weighted by atomic mass is 32.1. The Kier molecular flexibility index (Phi) is 6.69. The average molecular weight is 404 g/mol. The maximum Gasteiger partial charge on any atom is 0.189 e. The van der Waals surface area contributed by atoms with Crippen LogP contribution in [0.3, 0.4) is 0 Å². The number of piperazine rings is 1. The number of hydrogen-bond donors (Lipinski definition) is 2. The standard InChI is InChI=1S/C19H29N7OS/c28-19(23-22-17-3-5-20-16-2-1-4-21-18(16)17)26-10-8-24(9-11-26)6-7-25-12-14-27-15-13-25/h1-2,4,20H,3,5-15H2,(H,23,28)/b22-17-. The fraction of sp³-hybridized carbons (Fsp3) is 0.632. The van der Waals surface area contributed by atoms with Gasteiger partial charge in [-0.3, -0.25) is 20.2 Å². The number of pyridine rings is 1. The van der Waals surface area contributed by atoms with Gasteiger partial charge in [-0.05, 0) is 24.4 Å². The third kappa shape index (κ3) is 4.96. The van der Waals surface area contributed by atoms with Gasteiger partial charge in [-0.15, -0.1) is 0 Å². The number of nitrogens with zero attached hydrogens (tertiary/aromatic N) is 5. The average Bonchev–Trinajstić information content (AvgIpc) is 2.77. The Morgan fingerprint density at radius 2 is 1.89 bits per heavy atom. The summed E-state index contributed by atoms with van der Waals surface area (Å²) in [4.78, 5) is 11.7. The molecule has 0 radical (unpaired) electrons. The monoisotopic (exact) mass is 403 g/mol. The van der Waals surface area contributed by atoms with Crippen LogP contribution in [0.15, 0.2) is 23.4 Å². The van der Waals surface area contributed by atoms with Gasteiger partial charge < -0.3 is 15.0 Å². The van der Waals surface area contributed by atoms with Crippen molar-refractivity contribution >= 4 is 28.7 Å². The summed E-state index contributed by atoms with van der Waals surface area (Å²) < 4.78 is 5.42. The fourth-order valence-electron chi connectivity index (χ4n) is 3.79. The minimum absolute atomic E-state index is 0.705. The normalized spacial score (nSPS) is 22.6. The highest BCUT2D eigenvalue weighted by molar-refractivity contribution is 7.80. The van der Waals surface area contributed by atoms with Gasteiger partial charge in [-0.25, -0.2) is 0 Å². The molecule has 3 aliphatic rings. The molecule has 1 aromatic heterocycles. The van der Waals surface area contributed by atoms with E-state index in [1.165, 1.54) is 0 Å². The van der Waals surface area contributed by atoms with Crippen molar-refractivity contribution < 1.29 is 4.74 Å². The summed E-state index contributed by atoms with van der Waals surface area (Å²) in [5, 5.41) is 8.62. The molecule has 28 heavy (non-hydrogen) atoms. The molecule has 0 saturated carbocycles. The van der Waals surface area contributed by atoms with Crippen molar-refractivity contribution in [2.75, 3.05) is 77.4 Å². The molecule has 152 valence electrons. The topological polar surface area (TPSA) is 68.3 Å². The summed E-state index contributed by atoms with van der Waals surface area (Å²) in [6, 6.07) is 3.97. The van der Waals surface area contributed by atoms with E-state index in [2.05, 4.69) is 35.5 Å². The minimum Gasteiger partial charge on any atom is -0.383 e. The number of aromatic nitrogens is 1. The number of nitrogens with one attached hydrogen (secondary N) is 2. The summed E-state index contributed by atoms with van der Waals surface area (Å²) in [6.45, 7) is 10.9. The first kappa shape index (κ1) is 19.5. The van der Waals surface area contributed by atoms with E-state index in [1.54, 1.807) is 6.20 Å². The number of hydrogen-bond acceptors (Lipinski definition) is 7. The Bertz CT molecular complexity index is 699. The fourth-order valence-corrected chi connectivity index (χ4v) is 4.02. The molecule has 0 spiro atoms. The van der Waals surface area contributed by atoms with Crippen LogP contribution in [0.1, 0.15) is 12.1 Å². The highest BCUT2D eigenvalue weighted by Crippen LogP contribution is 2.19. The zero-order valence-electron chi connectivity index (χ0n) is 16.3. The van der Waals surface area contributed by atoms with Crippen LogP contribution in [-0.2, 0) is 4.74 Å². The van der Waals surface area contributed by atoms with Gasteiger partial charge in [0.25, 0.3) is 0 Å². The summed E-state index contributed by atoms with van der Waals surface area (Å²) in [5.74, 6) is 0. The van der Waals surface area contributed by atoms with Gasteiger partial charge in [-0.2, -0.15) is 5.10 Å². The van der Waals surface area contributed by atoms with Crippen LogP contribution >= 0.6 is 12.2 Å². The summed E-state index contributed by atoms with van der Waals surface area (Å²) in [5.41, 5.74) is 6.01. The highest BCUT2D eigenvalue weighted by Gasteiger charge is 2.21. The van der Waals surface area contributed by atoms with Crippen LogP contribution in [0, 0.1) is 0 Å². The first-order valence-electron chi connectivity index (χ1n) is 10.1. The zero-order chi connectivity index (χ0) is 19.2. The molecule has 0 bridgehead atoms. The summed E-state index contributed by atoms with van der Waals surface area (Å²) in [6.07, 6.45) is 2.64. The smallest absolute Gasteiger partial charge is 0.189 e. The number of anilines is 1. The van der Waals surface area contributed by atoms with E-state index in [0.717, 1.165) is 95.6 Å². The Hall–Kier alpha value is -1.81. The van der Waals surface area contributed by atoms with Crippen LogP contribution in [0.25, 0.3) is 0 Å². The Morgan fingerprint density at radius 1 is 1.14 bits per heavy atom. The summed E-state index contributed by atoms with van der Waals surface area (Å²) >= 11 is 5.58. The van der Waals surface area contributed by atoms with Gasteiger partial charge in [0.1, 0.15) is 5.69 Å². The van der Waals surface area contributed by atoms with E-state index in [-0.39, 0.29) is 0 Å². The van der Waals surface area contributed by atoms with E-state index in [0.29, 0.717) is 5.11 Å². The molecule has 0 amide bonds. The molecular weight excluding hydrogens is 374 g/mol. The lowest BCUT2D eigenvalue weighted by molar-refractivity contribution is 0.0315. The summed E-state index contributed by atoms with van der Waals surface area (Å²) in [7, 11) is 0. The van der Waals surface area contributed by atoms with Crippen LogP contribution in [0.4, 0.5) is 5.69 Å². The van der Waals surface area contributed by atoms with E-state index in [9.17, 15) is 0 Å². The number of rotatable bonds is 4. The van der Waals surface area contributed by atoms with Crippen molar-refractivity contribution in [3.05, 3.63) is 24.0 Å². The minimum atomic E-state index is 0.705. The second-order valence-corrected chi connectivity index (χ2v) is 7.72. The number of ether oxygens (including phenoxy) is 1. The van der Waals surface area contributed by atoms with Crippen molar-refractivity contribution in [2.24, 2.45) is 5.10 Å². The quantitative estimate of drug-likeness (QED) is 0.554. The molecule has 0 aliphatic carbocycles. The van der Waals surface area contributed by atoms with E-state index in [1.807, 2.05) is 12.1 Å². The number of morpholine rings is 1.